The topological polar surface area (TPSA) is 96.0 Å². The number of sulfonamides is 1. The predicted molar refractivity (Wildman–Crippen MR) is 76.4 cm³/mol. The van der Waals surface area contributed by atoms with Gasteiger partial charge in [-0.25, -0.2) is 13.1 Å². The zero-order chi connectivity index (χ0) is 14.8. The van der Waals surface area contributed by atoms with Gasteiger partial charge in [0.25, 0.3) is 0 Å². The Morgan fingerprint density at radius 3 is 2.70 bits per heavy atom. The fourth-order valence-corrected chi connectivity index (χ4v) is 4.13. The molecule has 0 amide bonds. The largest absolute Gasteiger partial charge is 0.326 e. The van der Waals surface area contributed by atoms with Gasteiger partial charge in [0.1, 0.15) is 11.0 Å². The van der Waals surface area contributed by atoms with E-state index in [4.69, 9.17) is 11.0 Å². The van der Waals surface area contributed by atoms with E-state index in [9.17, 15) is 8.42 Å². The van der Waals surface area contributed by atoms with Crippen LogP contribution in [0, 0.1) is 18.3 Å². The average Bonchev–Trinajstić information content (AvgIpc) is 2.41. The van der Waals surface area contributed by atoms with Crippen LogP contribution in [0.4, 0.5) is 0 Å². The highest BCUT2D eigenvalue weighted by atomic mass is 32.2. The summed E-state index contributed by atoms with van der Waals surface area (Å²) in [4.78, 5) is 0.0396. The normalized spacial score (nSPS) is 23.2. The van der Waals surface area contributed by atoms with Crippen LogP contribution in [0.1, 0.15) is 36.8 Å². The maximum Gasteiger partial charge on any atom is 0.242 e. The van der Waals surface area contributed by atoms with Crippen LogP contribution in [0.2, 0.25) is 0 Å². The molecule has 0 spiro atoms. The van der Waals surface area contributed by atoms with Gasteiger partial charge >= 0.3 is 0 Å². The maximum absolute atomic E-state index is 12.5. The fraction of sp³-hybridized carbons (Fsp3) is 0.500. The van der Waals surface area contributed by atoms with Crippen molar-refractivity contribution < 1.29 is 8.42 Å². The molecule has 1 saturated carbocycles. The Morgan fingerprint density at radius 1 is 1.35 bits per heavy atom. The minimum atomic E-state index is -3.71. The van der Waals surface area contributed by atoms with Crippen molar-refractivity contribution in [2.45, 2.75) is 49.6 Å². The van der Waals surface area contributed by atoms with Gasteiger partial charge in [-0.1, -0.05) is 25.0 Å². The van der Waals surface area contributed by atoms with Gasteiger partial charge in [-0.05, 0) is 31.4 Å². The summed E-state index contributed by atoms with van der Waals surface area (Å²) in [5.74, 6) is 0. The first-order chi connectivity index (χ1) is 9.45. The quantitative estimate of drug-likeness (QED) is 0.880. The van der Waals surface area contributed by atoms with Crippen LogP contribution in [-0.2, 0) is 10.0 Å². The van der Waals surface area contributed by atoms with Gasteiger partial charge in [-0.2, -0.15) is 5.26 Å². The zero-order valence-corrected chi connectivity index (χ0v) is 12.3. The van der Waals surface area contributed by atoms with Crippen molar-refractivity contribution in [3.8, 4) is 6.07 Å². The van der Waals surface area contributed by atoms with Crippen molar-refractivity contribution >= 4 is 10.0 Å². The third-order valence-corrected chi connectivity index (χ3v) is 5.29. The van der Waals surface area contributed by atoms with Gasteiger partial charge in [0.05, 0.1) is 5.56 Å². The highest BCUT2D eigenvalue weighted by molar-refractivity contribution is 7.89. The van der Waals surface area contributed by atoms with Crippen molar-refractivity contribution in [3.05, 3.63) is 29.3 Å². The molecule has 0 aliphatic heterocycles. The SMILES string of the molecule is Cc1cccc(S(=O)(=O)N[C@@H]2CCCC[C@H]2N)c1C#N. The lowest BCUT2D eigenvalue weighted by atomic mass is 9.92. The first-order valence-electron chi connectivity index (χ1n) is 6.73. The van der Waals surface area contributed by atoms with Crippen molar-refractivity contribution in [1.82, 2.24) is 4.72 Å². The van der Waals surface area contributed by atoms with E-state index in [-0.39, 0.29) is 22.5 Å². The minimum absolute atomic E-state index is 0.0396. The Morgan fingerprint density at radius 2 is 2.05 bits per heavy atom. The Balaban J connectivity index is 2.32. The molecule has 3 N–H and O–H groups in total. The summed E-state index contributed by atoms with van der Waals surface area (Å²) in [5.41, 5.74) is 6.83. The summed E-state index contributed by atoms with van der Waals surface area (Å²) < 4.78 is 27.6. The standard InChI is InChI=1S/C14H19N3O2S/c1-10-5-4-8-14(11(10)9-15)20(18,19)17-13-7-3-2-6-12(13)16/h4-5,8,12-13,17H,2-3,6-7,16H2,1H3/t12-,13-/m1/s1. The monoisotopic (exact) mass is 293 g/mol. The minimum Gasteiger partial charge on any atom is -0.326 e. The zero-order valence-electron chi connectivity index (χ0n) is 11.5. The molecular formula is C14H19N3O2S. The summed E-state index contributed by atoms with van der Waals surface area (Å²) in [6.45, 7) is 1.73. The molecule has 0 saturated heterocycles. The van der Waals surface area contributed by atoms with E-state index in [1.165, 1.54) is 6.07 Å². The molecule has 1 aliphatic carbocycles. The molecule has 5 nitrogen and oxygen atoms in total. The molecule has 1 fully saturated rings. The molecule has 1 aromatic rings. The number of aryl methyl sites for hydroxylation is 1. The lowest BCUT2D eigenvalue weighted by Gasteiger charge is -2.29. The molecule has 20 heavy (non-hydrogen) atoms. The van der Waals surface area contributed by atoms with Crippen LogP contribution in [-0.4, -0.2) is 20.5 Å². The lowest BCUT2D eigenvalue weighted by Crippen LogP contribution is -2.49. The third-order valence-electron chi connectivity index (χ3n) is 3.76. The summed E-state index contributed by atoms with van der Waals surface area (Å²) >= 11 is 0. The second-order valence-electron chi connectivity index (χ2n) is 5.24. The molecule has 6 heteroatoms. The Labute approximate surface area is 119 Å². The Bertz CT molecular complexity index is 634. The first kappa shape index (κ1) is 15.0. The molecule has 0 aromatic heterocycles. The van der Waals surface area contributed by atoms with E-state index in [2.05, 4.69) is 4.72 Å². The fourth-order valence-electron chi connectivity index (χ4n) is 2.58. The number of nitrogens with zero attached hydrogens (tertiary/aromatic N) is 1. The van der Waals surface area contributed by atoms with Crippen LogP contribution < -0.4 is 10.5 Å². The highest BCUT2D eigenvalue weighted by Crippen LogP contribution is 2.22. The number of nitrogens with two attached hydrogens (primary N) is 1. The van der Waals surface area contributed by atoms with Crippen molar-refractivity contribution in [2.75, 3.05) is 0 Å². The van der Waals surface area contributed by atoms with E-state index in [1.54, 1.807) is 19.1 Å². The van der Waals surface area contributed by atoms with Gasteiger partial charge in [-0.3, -0.25) is 0 Å². The third kappa shape index (κ3) is 3.01. The number of nitrogens with one attached hydrogen (secondary N) is 1. The van der Waals surface area contributed by atoms with E-state index in [0.717, 1.165) is 25.7 Å². The molecule has 0 radical (unpaired) electrons. The number of nitriles is 1. The number of hydrogen-bond donors (Lipinski definition) is 2. The molecule has 0 heterocycles. The van der Waals surface area contributed by atoms with E-state index >= 15 is 0 Å². The second-order valence-corrected chi connectivity index (χ2v) is 6.92. The number of rotatable bonds is 3. The Kier molecular flexibility index (Phi) is 4.43. The summed E-state index contributed by atoms with van der Waals surface area (Å²) in [7, 11) is -3.71. The summed E-state index contributed by atoms with van der Waals surface area (Å²) in [6, 6.07) is 6.39. The van der Waals surface area contributed by atoms with Gasteiger partial charge in [0.15, 0.2) is 0 Å². The lowest BCUT2D eigenvalue weighted by molar-refractivity contribution is 0.361. The molecule has 108 valence electrons. The summed E-state index contributed by atoms with van der Waals surface area (Å²) in [6.07, 6.45) is 3.58. The molecular weight excluding hydrogens is 274 g/mol. The van der Waals surface area contributed by atoms with Crippen LogP contribution in [0.25, 0.3) is 0 Å². The van der Waals surface area contributed by atoms with Crippen molar-refractivity contribution in [1.29, 1.82) is 5.26 Å². The maximum atomic E-state index is 12.5. The van der Waals surface area contributed by atoms with Crippen LogP contribution in [0.3, 0.4) is 0 Å². The summed E-state index contributed by atoms with van der Waals surface area (Å²) in [5, 5.41) is 9.15. The second kappa shape index (κ2) is 5.92. The molecule has 0 unspecified atom stereocenters. The number of hydrogen-bond acceptors (Lipinski definition) is 4. The molecule has 0 bridgehead atoms. The van der Waals surface area contributed by atoms with Gasteiger partial charge in [-0.15, -0.1) is 0 Å². The number of benzene rings is 1. The first-order valence-corrected chi connectivity index (χ1v) is 8.21. The van der Waals surface area contributed by atoms with Gasteiger partial charge in [0.2, 0.25) is 10.0 Å². The molecule has 1 aromatic carbocycles. The predicted octanol–water partition coefficient (Wildman–Crippen LogP) is 1.41. The average molecular weight is 293 g/mol. The van der Waals surface area contributed by atoms with E-state index < -0.39 is 10.0 Å². The van der Waals surface area contributed by atoms with E-state index in [0.29, 0.717) is 5.56 Å². The highest BCUT2D eigenvalue weighted by Gasteiger charge is 2.28. The van der Waals surface area contributed by atoms with Gasteiger partial charge < -0.3 is 5.73 Å². The van der Waals surface area contributed by atoms with Gasteiger partial charge in [0, 0.05) is 12.1 Å². The van der Waals surface area contributed by atoms with Crippen LogP contribution in [0.15, 0.2) is 23.1 Å². The van der Waals surface area contributed by atoms with Crippen molar-refractivity contribution in [2.24, 2.45) is 5.73 Å². The molecule has 2 rings (SSSR count). The molecule has 1 aliphatic rings. The van der Waals surface area contributed by atoms with E-state index in [1.807, 2.05) is 6.07 Å². The van der Waals surface area contributed by atoms with Crippen LogP contribution >= 0.6 is 0 Å². The van der Waals surface area contributed by atoms with Crippen LogP contribution in [0.5, 0.6) is 0 Å². The van der Waals surface area contributed by atoms with Crippen molar-refractivity contribution in [3.63, 3.8) is 0 Å². The molecule has 2 atom stereocenters. The Hall–Kier alpha value is -1.42. The smallest absolute Gasteiger partial charge is 0.242 e.